The van der Waals surface area contributed by atoms with E-state index < -0.39 is 0 Å². The van der Waals surface area contributed by atoms with Gasteiger partial charge in [-0.15, -0.1) is 0 Å². The Morgan fingerprint density at radius 1 is 1.25 bits per heavy atom. The summed E-state index contributed by atoms with van der Waals surface area (Å²) in [6.45, 7) is 1.28. The molecule has 0 aromatic rings. The Hall–Kier alpha value is 0.440. The molecule has 12 heavy (non-hydrogen) atoms. The van der Waals surface area contributed by atoms with Crippen molar-refractivity contribution < 1.29 is 0 Å². The molecule has 1 saturated heterocycles. The van der Waals surface area contributed by atoms with Crippen molar-refractivity contribution in [3.05, 3.63) is 0 Å². The third-order valence-electron chi connectivity index (χ3n) is 3.55. The molecular formula is C10H18BrN. The molecule has 2 heteroatoms. The van der Waals surface area contributed by atoms with Crippen LogP contribution in [0.4, 0.5) is 0 Å². The molecule has 3 atom stereocenters. The molecule has 0 radical (unpaired) electrons. The van der Waals surface area contributed by atoms with Crippen LogP contribution in [-0.2, 0) is 0 Å². The van der Waals surface area contributed by atoms with Gasteiger partial charge in [0, 0.05) is 11.4 Å². The molecule has 70 valence electrons. The summed E-state index contributed by atoms with van der Waals surface area (Å²) in [6.07, 6.45) is 7.21. The van der Waals surface area contributed by atoms with Gasteiger partial charge in [0.1, 0.15) is 0 Å². The van der Waals surface area contributed by atoms with Gasteiger partial charge in [-0.3, -0.25) is 0 Å². The lowest BCUT2D eigenvalue weighted by Gasteiger charge is -2.28. The lowest BCUT2D eigenvalue weighted by atomic mass is 9.79. The molecule has 2 aliphatic rings. The first-order valence-corrected chi connectivity index (χ1v) is 6.33. The van der Waals surface area contributed by atoms with Gasteiger partial charge in [0.05, 0.1) is 0 Å². The molecule has 2 rings (SSSR count). The van der Waals surface area contributed by atoms with Gasteiger partial charge in [-0.1, -0.05) is 28.8 Å². The SMILES string of the molecule is BrCCC1CNC2CCCCC12. The summed E-state index contributed by atoms with van der Waals surface area (Å²) in [5.74, 6) is 1.98. The molecule has 1 N–H and O–H groups in total. The third kappa shape index (κ3) is 1.69. The summed E-state index contributed by atoms with van der Waals surface area (Å²) in [4.78, 5) is 0. The quantitative estimate of drug-likeness (QED) is 0.721. The molecule has 0 spiro atoms. The normalized spacial score (nSPS) is 41.2. The van der Waals surface area contributed by atoms with Crippen LogP contribution in [0.2, 0.25) is 0 Å². The van der Waals surface area contributed by atoms with Crippen molar-refractivity contribution in [1.82, 2.24) is 5.32 Å². The van der Waals surface area contributed by atoms with Gasteiger partial charge in [-0.25, -0.2) is 0 Å². The van der Waals surface area contributed by atoms with Crippen LogP contribution in [0.25, 0.3) is 0 Å². The number of hydrogen-bond acceptors (Lipinski definition) is 1. The highest BCUT2D eigenvalue weighted by Crippen LogP contribution is 2.36. The minimum Gasteiger partial charge on any atom is -0.313 e. The highest BCUT2D eigenvalue weighted by molar-refractivity contribution is 9.09. The monoisotopic (exact) mass is 231 g/mol. The summed E-state index contributed by atoms with van der Waals surface area (Å²) in [6, 6.07) is 0.878. The maximum atomic E-state index is 3.67. The molecule has 2 fully saturated rings. The fourth-order valence-electron chi connectivity index (χ4n) is 2.89. The van der Waals surface area contributed by atoms with Gasteiger partial charge in [0.25, 0.3) is 0 Å². The number of halogens is 1. The predicted molar refractivity (Wildman–Crippen MR) is 55.6 cm³/mol. The van der Waals surface area contributed by atoms with Crippen LogP contribution in [0.1, 0.15) is 32.1 Å². The van der Waals surface area contributed by atoms with Crippen molar-refractivity contribution >= 4 is 15.9 Å². The van der Waals surface area contributed by atoms with Gasteiger partial charge in [0.2, 0.25) is 0 Å². The summed E-state index contributed by atoms with van der Waals surface area (Å²) >= 11 is 3.55. The summed E-state index contributed by atoms with van der Waals surface area (Å²) < 4.78 is 0. The van der Waals surface area contributed by atoms with Crippen LogP contribution in [-0.4, -0.2) is 17.9 Å². The van der Waals surface area contributed by atoms with E-state index >= 15 is 0 Å². The zero-order valence-electron chi connectivity index (χ0n) is 7.56. The Balaban J connectivity index is 1.92. The fourth-order valence-corrected chi connectivity index (χ4v) is 3.48. The van der Waals surface area contributed by atoms with Gasteiger partial charge in [-0.2, -0.15) is 0 Å². The van der Waals surface area contributed by atoms with Crippen molar-refractivity contribution in [2.75, 3.05) is 11.9 Å². The van der Waals surface area contributed by atoms with Crippen molar-refractivity contribution in [2.24, 2.45) is 11.8 Å². The van der Waals surface area contributed by atoms with E-state index in [1.165, 1.54) is 44.0 Å². The molecule has 0 amide bonds. The number of nitrogens with one attached hydrogen (secondary N) is 1. The topological polar surface area (TPSA) is 12.0 Å². The molecule has 1 nitrogen and oxygen atoms in total. The molecule has 1 heterocycles. The molecule has 0 aromatic heterocycles. The Bertz CT molecular complexity index is 149. The molecule has 1 saturated carbocycles. The van der Waals surface area contributed by atoms with E-state index in [1.807, 2.05) is 0 Å². The van der Waals surface area contributed by atoms with Crippen LogP contribution in [0, 0.1) is 11.8 Å². The molecular weight excluding hydrogens is 214 g/mol. The van der Waals surface area contributed by atoms with E-state index in [4.69, 9.17) is 0 Å². The smallest absolute Gasteiger partial charge is 0.00985 e. The second-order valence-corrected chi connectivity index (χ2v) is 4.99. The largest absolute Gasteiger partial charge is 0.313 e. The minimum absolute atomic E-state index is 0.878. The van der Waals surface area contributed by atoms with Crippen molar-refractivity contribution in [1.29, 1.82) is 0 Å². The summed E-state index contributed by atoms with van der Waals surface area (Å²) in [7, 11) is 0. The number of fused-ring (bicyclic) bond motifs is 1. The first-order chi connectivity index (χ1) is 5.92. The number of hydrogen-bond donors (Lipinski definition) is 1. The van der Waals surface area contributed by atoms with Crippen LogP contribution < -0.4 is 5.32 Å². The van der Waals surface area contributed by atoms with E-state index in [0.29, 0.717) is 0 Å². The van der Waals surface area contributed by atoms with Crippen LogP contribution in [0.5, 0.6) is 0 Å². The molecule has 0 aromatic carbocycles. The Kier molecular flexibility index (Phi) is 3.08. The Morgan fingerprint density at radius 2 is 2.08 bits per heavy atom. The van der Waals surface area contributed by atoms with Crippen LogP contribution in [0.3, 0.4) is 0 Å². The second kappa shape index (κ2) is 4.10. The van der Waals surface area contributed by atoms with Crippen molar-refractivity contribution in [2.45, 2.75) is 38.1 Å². The van der Waals surface area contributed by atoms with Crippen LogP contribution >= 0.6 is 15.9 Å². The van der Waals surface area contributed by atoms with E-state index in [2.05, 4.69) is 21.2 Å². The van der Waals surface area contributed by atoms with Crippen molar-refractivity contribution in [3.63, 3.8) is 0 Å². The van der Waals surface area contributed by atoms with E-state index in [1.54, 1.807) is 0 Å². The lowest BCUT2D eigenvalue weighted by Crippen LogP contribution is -2.30. The molecule has 0 bridgehead atoms. The fraction of sp³-hybridized carbons (Fsp3) is 1.00. The highest BCUT2D eigenvalue weighted by atomic mass is 79.9. The van der Waals surface area contributed by atoms with E-state index in [-0.39, 0.29) is 0 Å². The number of alkyl halides is 1. The Labute approximate surface area is 83.4 Å². The first kappa shape index (κ1) is 9.01. The average molecular weight is 232 g/mol. The zero-order valence-corrected chi connectivity index (χ0v) is 9.15. The highest BCUT2D eigenvalue weighted by Gasteiger charge is 2.36. The first-order valence-electron chi connectivity index (χ1n) is 5.21. The number of rotatable bonds is 2. The van der Waals surface area contributed by atoms with Crippen LogP contribution in [0.15, 0.2) is 0 Å². The summed E-state index contributed by atoms with van der Waals surface area (Å²) in [5, 5.41) is 4.86. The standard InChI is InChI=1S/C10H18BrN/c11-6-5-8-7-12-10-4-2-1-3-9(8)10/h8-10,12H,1-7H2. The third-order valence-corrected chi connectivity index (χ3v) is 4.00. The second-order valence-electron chi connectivity index (χ2n) is 4.20. The summed E-state index contributed by atoms with van der Waals surface area (Å²) in [5.41, 5.74) is 0. The Morgan fingerprint density at radius 3 is 2.92 bits per heavy atom. The lowest BCUT2D eigenvalue weighted by molar-refractivity contribution is 0.271. The molecule has 1 aliphatic carbocycles. The van der Waals surface area contributed by atoms with Gasteiger partial charge < -0.3 is 5.32 Å². The van der Waals surface area contributed by atoms with E-state index in [0.717, 1.165) is 17.9 Å². The van der Waals surface area contributed by atoms with Crippen molar-refractivity contribution in [3.8, 4) is 0 Å². The van der Waals surface area contributed by atoms with Gasteiger partial charge in [0.15, 0.2) is 0 Å². The zero-order chi connectivity index (χ0) is 8.39. The van der Waals surface area contributed by atoms with Gasteiger partial charge in [-0.05, 0) is 37.6 Å². The average Bonchev–Trinajstić information content (AvgIpc) is 2.50. The van der Waals surface area contributed by atoms with E-state index in [9.17, 15) is 0 Å². The molecule has 1 aliphatic heterocycles. The maximum absolute atomic E-state index is 3.67. The van der Waals surface area contributed by atoms with Gasteiger partial charge >= 0.3 is 0 Å². The predicted octanol–water partition coefficient (Wildman–Crippen LogP) is 2.55. The molecule has 3 unspecified atom stereocenters. The minimum atomic E-state index is 0.878. The maximum Gasteiger partial charge on any atom is 0.00985 e.